The maximum Gasteiger partial charge on any atom is 0.252 e. The molecule has 132 valence electrons. The van der Waals surface area contributed by atoms with Gasteiger partial charge in [-0.15, -0.1) is 0 Å². The lowest BCUT2D eigenvalue weighted by molar-refractivity contribution is -0.132. The van der Waals surface area contributed by atoms with Gasteiger partial charge >= 0.3 is 0 Å². The van der Waals surface area contributed by atoms with Crippen molar-refractivity contribution in [3.8, 4) is 0 Å². The summed E-state index contributed by atoms with van der Waals surface area (Å²) in [5.41, 5.74) is 1.85. The Kier molecular flexibility index (Phi) is 6.14. The second kappa shape index (κ2) is 8.73. The molecule has 2 aromatic rings. The fourth-order valence-electron chi connectivity index (χ4n) is 2.84. The number of amides is 2. The maximum absolute atomic E-state index is 12.3. The molecule has 7 heteroatoms. The molecule has 0 spiro atoms. The van der Waals surface area contributed by atoms with Crippen molar-refractivity contribution in [3.63, 3.8) is 0 Å². The first-order chi connectivity index (χ1) is 12.2. The van der Waals surface area contributed by atoms with Gasteiger partial charge in [-0.25, -0.2) is 0 Å². The van der Waals surface area contributed by atoms with Crippen molar-refractivity contribution in [2.75, 3.05) is 32.7 Å². The van der Waals surface area contributed by atoms with Gasteiger partial charge in [0, 0.05) is 69.0 Å². The monoisotopic (exact) mass is 358 g/mol. The third-order valence-electron chi connectivity index (χ3n) is 4.26. The van der Waals surface area contributed by atoms with Gasteiger partial charge in [0.2, 0.25) is 5.91 Å². The molecule has 0 saturated carbocycles. The number of carbonyl (C=O) groups excluding carboxylic acids is 2. The molecule has 2 amide bonds. The predicted octanol–water partition coefficient (Wildman–Crippen LogP) is 1.61. The Morgan fingerprint density at radius 3 is 2.72 bits per heavy atom. The molecule has 0 radical (unpaired) electrons. The van der Waals surface area contributed by atoms with Crippen molar-refractivity contribution >= 4 is 23.2 Å². The topological polar surface area (TPSA) is 65.5 Å². The van der Waals surface area contributed by atoms with E-state index in [1.165, 1.54) is 16.9 Å². The molecule has 0 unspecified atom stereocenters. The Bertz CT molecular complexity index is 682. The number of thiophene rings is 1. The molecule has 25 heavy (non-hydrogen) atoms. The molecular formula is C18H22N4O2S. The minimum absolute atomic E-state index is 0.103. The quantitative estimate of drug-likeness (QED) is 0.852. The minimum Gasteiger partial charge on any atom is -0.351 e. The van der Waals surface area contributed by atoms with Crippen molar-refractivity contribution in [3.05, 3.63) is 52.5 Å². The molecule has 3 rings (SSSR count). The van der Waals surface area contributed by atoms with Crippen molar-refractivity contribution < 1.29 is 9.59 Å². The molecule has 1 fully saturated rings. The van der Waals surface area contributed by atoms with E-state index in [0.717, 1.165) is 32.7 Å². The van der Waals surface area contributed by atoms with Crippen LogP contribution in [0.5, 0.6) is 0 Å². The molecule has 3 heterocycles. The summed E-state index contributed by atoms with van der Waals surface area (Å²) in [6, 6.07) is 5.80. The van der Waals surface area contributed by atoms with Gasteiger partial charge in [-0.3, -0.25) is 19.5 Å². The summed E-state index contributed by atoms with van der Waals surface area (Å²) in [7, 11) is 0. The van der Waals surface area contributed by atoms with Gasteiger partial charge in [0.25, 0.3) is 5.91 Å². The van der Waals surface area contributed by atoms with Crippen molar-refractivity contribution in [1.82, 2.24) is 20.1 Å². The lowest BCUT2D eigenvalue weighted by atomic mass is 10.2. The van der Waals surface area contributed by atoms with Gasteiger partial charge in [-0.2, -0.15) is 11.3 Å². The highest BCUT2D eigenvalue weighted by Crippen LogP contribution is 2.09. The van der Waals surface area contributed by atoms with Crippen LogP contribution in [0.25, 0.3) is 0 Å². The molecule has 0 atom stereocenters. The number of nitrogens with zero attached hydrogens (tertiary/aromatic N) is 3. The van der Waals surface area contributed by atoms with Crippen LogP contribution >= 0.6 is 11.3 Å². The molecule has 1 aliphatic heterocycles. The number of hydrogen-bond acceptors (Lipinski definition) is 5. The van der Waals surface area contributed by atoms with E-state index in [9.17, 15) is 9.59 Å². The number of rotatable bonds is 6. The summed E-state index contributed by atoms with van der Waals surface area (Å²) < 4.78 is 0. The number of aromatic nitrogens is 1. The standard InChI is InChI=1S/C18H22N4O2S/c23-17(3-6-20-18(24)16-4-11-25-14-16)22-9-7-21(8-10-22)13-15-2-1-5-19-12-15/h1-2,4-5,11-12,14H,3,6-10,13H2,(H,20,24). The molecule has 2 aromatic heterocycles. The SMILES string of the molecule is O=C(NCCC(=O)N1CCN(Cc2cccnc2)CC1)c1ccsc1. The van der Waals surface area contributed by atoms with Crippen LogP contribution in [0.4, 0.5) is 0 Å². The van der Waals surface area contributed by atoms with E-state index < -0.39 is 0 Å². The van der Waals surface area contributed by atoms with E-state index in [1.54, 1.807) is 17.6 Å². The first kappa shape index (κ1) is 17.6. The summed E-state index contributed by atoms with van der Waals surface area (Å²) in [6.07, 6.45) is 4.00. The molecule has 0 bridgehead atoms. The third-order valence-corrected chi connectivity index (χ3v) is 4.94. The number of hydrogen-bond donors (Lipinski definition) is 1. The summed E-state index contributed by atoms with van der Waals surface area (Å²) in [5.74, 6) is -0.0120. The Morgan fingerprint density at radius 2 is 2.04 bits per heavy atom. The zero-order chi connectivity index (χ0) is 17.5. The van der Waals surface area contributed by atoms with Crippen LogP contribution in [0.1, 0.15) is 22.3 Å². The van der Waals surface area contributed by atoms with E-state index in [0.29, 0.717) is 18.5 Å². The number of pyridine rings is 1. The van der Waals surface area contributed by atoms with Crippen molar-refractivity contribution in [2.24, 2.45) is 0 Å². The van der Waals surface area contributed by atoms with E-state index in [-0.39, 0.29) is 11.8 Å². The predicted molar refractivity (Wildman–Crippen MR) is 97.4 cm³/mol. The van der Waals surface area contributed by atoms with Crippen LogP contribution in [-0.2, 0) is 11.3 Å². The zero-order valence-electron chi connectivity index (χ0n) is 14.1. The second-order valence-corrected chi connectivity index (χ2v) is 6.82. The van der Waals surface area contributed by atoms with E-state index >= 15 is 0 Å². The Labute approximate surface area is 151 Å². The van der Waals surface area contributed by atoms with Crippen LogP contribution in [0, 0.1) is 0 Å². The number of piperazine rings is 1. The minimum atomic E-state index is -0.115. The summed E-state index contributed by atoms with van der Waals surface area (Å²) >= 11 is 1.49. The van der Waals surface area contributed by atoms with E-state index in [2.05, 4.69) is 21.3 Å². The van der Waals surface area contributed by atoms with Crippen LogP contribution in [0.15, 0.2) is 41.4 Å². The smallest absolute Gasteiger partial charge is 0.252 e. The lowest BCUT2D eigenvalue weighted by Gasteiger charge is -2.34. The van der Waals surface area contributed by atoms with Crippen molar-refractivity contribution in [2.45, 2.75) is 13.0 Å². The average molecular weight is 358 g/mol. The fourth-order valence-corrected chi connectivity index (χ4v) is 3.48. The largest absolute Gasteiger partial charge is 0.351 e. The highest BCUT2D eigenvalue weighted by atomic mass is 32.1. The van der Waals surface area contributed by atoms with Crippen LogP contribution in [0.3, 0.4) is 0 Å². The first-order valence-electron chi connectivity index (χ1n) is 8.42. The third kappa shape index (κ3) is 5.11. The van der Waals surface area contributed by atoms with E-state index in [4.69, 9.17) is 0 Å². The molecule has 0 aromatic carbocycles. The molecule has 6 nitrogen and oxygen atoms in total. The average Bonchev–Trinajstić information content (AvgIpc) is 3.18. The Hall–Kier alpha value is -2.25. The molecule has 1 aliphatic rings. The molecular weight excluding hydrogens is 336 g/mol. The second-order valence-electron chi connectivity index (χ2n) is 6.04. The zero-order valence-corrected chi connectivity index (χ0v) is 14.9. The van der Waals surface area contributed by atoms with Gasteiger partial charge in [-0.1, -0.05) is 6.07 Å². The Morgan fingerprint density at radius 1 is 1.20 bits per heavy atom. The summed E-state index contributed by atoms with van der Waals surface area (Å²) in [5, 5.41) is 6.47. The number of carbonyl (C=O) groups is 2. The van der Waals surface area contributed by atoms with Crippen LogP contribution in [0.2, 0.25) is 0 Å². The Balaban J connectivity index is 1.36. The summed E-state index contributed by atoms with van der Waals surface area (Å²) in [6.45, 7) is 4.44. The van der Waals surface area contributed by atoms with Gasteiger partial charge in [0.15, 0.2) is 0 Å². The lowest BCUT2D eigenvalue weighted by Crippen LogP contribution is -2.48. The maximum atomic E-state index is 12.3. The highest BCUT2D eigenvalue weighted by molar-refractivity contribution is 7.08. The molecule has 0 aliphatic carbocycles. The summed E-state index contributed by atoms with van der Waals surface area (Å²) in [4.78, 5) is 32.5. The highest BCUT2D eigenvalue weighted by Gasteiger charge is 2.21. The van der Waals surface area contributed by atoms with Gasteiger partial charge in [0.05, 0.1) is 0 Å². The molecule has 1 saturated heterocycles. The first-order valence-corrected chi connectivity index (χ1v) is 9.36. The number of nitrogens with one attached hydrogen (secondary N) is 1. The molecule has 1 N–H and O–H groups in total. The van der Waals surface area contributed by atoms with Crippen LogP contribution < -0.4 is 5.32 Å². The van der Waals surface area contributed by atoms with Crippen molar-refractivity contribution in [1.29, 1.82) is 0 Å². The normalized spacial score (nSPS) is 15.1. The van der Waals surface area contributed by atoms with Gasteiger partial charge < -0.3 is 10.2 Å². The van der Waals surface area contributed by atoms with Gasteiger partial charge in [-0.05, 0) is 23.1 Å². The van der Waals surface area contributed by atoms with Crippen LogP contribution in [-0.4, -0.2) is 59.3 Å². The fraction of sp³-hybridized carbons (Fsp3) is 0.389. The van der Waals surface area contributed by atoms with E-state index in [1.807, 2.05) is 22.5 Å². The van der Waals surface area contributed by atoms with Gasteiger partial charge in [0.1, 0.15) is 0 Å².